The number of hydrogen-bond acceptors (Lipinski definition) is 4. The number of rotatable bonds is 8. The SMILES string of the molecule is CCOC(=O)CCN(C)CCC(O)c1ccc2ccccc2c1. The van der Waals surface area contributed by atoms with Gasteiger partial charge in [0.25, 0.3) is 0 Å². The van der Waals surface area contributed by atoms with E-state index in [0.717, 1.165) is 17.5 Å². The van der Waals surface area contributed by atoms with E-state index in [0.29, 0.717) is 26.0 Å². The van der Waals surface area contributed by atoms with Crippen LogP contribution in [0.1, 0.15) is 31.4 Å². The van der Waals surface area contributed by atoms with Gasteiger partial charge in [-0.3, -0.25) is 4.79 Å². The quantitative estimate of drug-likeness (QED) is 0.760. The van der Waals surface area contributed by atoms with Crippen LogP contribution in [0.15, 0.2) is 42.5 Å². The molecule has 124 valence electrons. The molecule has 4 heteroatoms. The van der Waals surface area contributed by atoms with Gasteiger partial charge in [-0.25, -0.2) is 0 Å². The third-order valence-electron chi connectivity index (χ3n) is 3.95. The molecular formula is C19H25NO3. The highest BCUT2D eigenvalue weighted by atomic mass is 16.5. The first-order valence-electron chi connectivity index (χ1n) is 8.11. The summed E-state index contributed by atoms with van der Waals surface area (Å²) in [6.07, 6.45) is 0.526. The Morgan fingerprint density at radius 1 is 1.17 bits per heavy atom. The Hall–Kier alpha value is -1.91. The molecule has 0 spiro atoms. The molecule has 1 unspecified atom stereocenters. The monoisotopic (exact) mass is 315 g/mol. The van der Waals surface area contributed by atoms with Gasteiger partial charge in [-0.1, -0.05) is 36.4 Å². The predicted octanol–water partition coefficient (Wildman–Crippen LogP) is 3.15. The van der Waals surface area contributed by atoms with Crippen molar-refractivity contribution >= 4 is 16.7 Å². The molecule has 0 aliphatic heterocycles. The van der Waals surface area contributed by atoms with E-state index in [2.05, 4.69) is 12.1 Å². The van der Waals surface area contributed by atoms with E-state index in [-0.39, 0.29) is 5.97 Å². The van der Waals surface area contributed by atoms with Crippen molar-refractivity contribution in [1.82, 2.24) is 4.90 Å². The third kappa shape index (κ3) is 5.34. The first kappa shape index (κ1) is 17.4. The van der Waals surface area contributed by atoms with Gasteiger partial charge in [0, 0.05) is 13.1 Å². The predicted molar refractivity (Wildman–Crippen MR) is 92.3 cm³/mol. The number of carbonyl (C=O) groups is 1. The highest BCUT2D eigenvalue weighted by molar-refractivity contribution is 5.83. The van der Waals surface area contributed by atoms with Gasteiger partial charge in [-0.05, 0) is 42.8 Å². The lowest BCUT2D eigenvalue weighted by atomic mass is 10.0. The van der Waals surface area contributed by atoms with Crippen molar-refractivity contribution in [1.29, 1.82) is 0 Å². The largest absolute Gasteiger partial charge is 0.466 e. The fourth-order valence-electron chi connectivity index (χ4n) is 2.55. The number of fused-ring (bicyclic) bond motifs is 1. The number of esters is 1. The summed E-state index contributed by atoms with van der Waals surface area (Å²) in [6, 6.07) is 14.2. The molecule has 0 aliphatic carbocycles. The van der Waals surface area contributed by atoms with E-state index >= 15 is 0 Å². The van der Waals surface area contributed by atoms with Crippen molar-refractivity contribution in [2.45, 2.75) is 25.9 Å². The molecule has 0 radical (unpaired) electrons. The minimum atomic E-state index is -0.496. The molecule has 1 atom stereocenters. The lowest BCUT2D eigenvalue weighted by Gasteiger charge is -2.19. The van der Waals surface area contributed by atoms with Crippen LogP contribution in [0.5, 0.6) is 0 Å². The molecule has 1 N–H and O–H groups in total. The van der Waals surface area contributed by atoms with Crippen LogP contribution in [0, 0.1) is 0 Å². The second-order valence-corrected chi connectivity index (χ2v) is 5.77. The van der Waals surface area contributed by atoms with Crippen LogP contribution < -0.4 is 0 Å². The Balaban J connectivity index is 1.83. The summed E-state index contributed by atoms with van der Waals surface area (Å²) < 4.78 is 4.91. The van der Waals surface area contributed by atoms with Gasteiger partial charge in [-0.15, -0.1) is 0 Å². The molecule has 2 aromatic rings. The molecule has 0 aliphatic rings. The van der Waals surface area contributed by atoms with E-state index in [1.54, 1.807) is 0 Å². The summed E-state index contributed by atoms with van der Waals surface area (Å²) in [6.45, 7) is 3.60. The molecular weight excluding hydrogens is 290 g/mol. The molecule has 0 aromatic heterocycles. The van der Waals surface area contributed by atoms with Crippen LogP contribution in [0.3, 0.4) is 0 Å². The van der Waals surface area contributed by atoms with Crippen molar-refractivity contribution in [2.24, 2.45) is 0 Å². The zero-order valence-electron chi connectivity index (χ0n) is 13.9. The molecule has 23 heavy (non-hydrogen) atoms. The molecule has 0 fully saturated rings. The zero-order valence-corrected chi connectivity index (χ0v) is 13.9. The first-order valence-corrected chi connectivity index (χ1v) is 8.11. The van der Waals surface area contributed by atoms with Crippen LogP contribution >= 0.6 is 0 Å². The number of aliphatic hydroxyl groups excluding tert-OH is 1. The summed E-state index contributed by atoms with van der Waals surface area (Å²) in [4.78, 5) is 13.4. The molecule has 0 saturated heterocycles. The Bertz CT molecular complexity index is 641. The van der Waals surface area contributed by atoms with Gasteiger partial charge in [0.2, 0.25) is 0 Å². The summed E-state index contributed by atoms with van der Waals surface area (Å²) in [5.74, 6) is -0.172. The topological polar surface area (TPSA) is 49.8 Å². The number of aliphatic hydroxyl groups is 1. The van der Waals surface area contributed by atoms with Gasteiger partial charge in [0.05, 0.1) is 19.1 Å². The van der Waals surface area contributed by atoms with E-state index in [9.17, 15) is 9.90 Å². The minimum Gasteiger partial charge on any atom is -0.466 e. The number of hydrogen-bond donors (Lipinski definition) is 1. The number of carbonyl (C=O) groups excluding carboxylic acids is 1. The van der Waals surface area contributed by atoms with Crippen LogP contribution in [-0.2, 0) is 9.53 Å². The molecule has 0 amide bonds. The second kappa shape index (κ2) is 8.65. The van der Waals surface area contributed by atoms with E-state index in [1.165, 1.54) is 5.39 Å². The average Bonchev–Trinajstić information content (AvgIpc) is 2.57. The summed E-state index contributed by atoms with van der Waals surface area (Å²) in [5.41, 5.74) is 0.933. The summed E-state index contributed by atoms with van der Waals surface area (Å²) in [5, 5.41) is 12.7. The summed E-state index contributed by atoms with van der Waals surface area (Å²) >= 11 is 0. The summed E-state index contributed by atoms with van der Waals surface area (Å²) in [7, 11) is 1.95. The van der Waals surface area contributed by atoms with Crippen molar-refractivity contribution in [3.8, 4) is 0 Å². The Kier molecular flexibility index (Phi) is 6.56. The molecule has 2 rings (SSSR count). The van der Waals surface area contributed by atoms with Gasteiger partial charge >= 0.3 is 5.97 Å². The van der Waals surface area contributed by atoms with Gasteiger partial charge in [0.1, 0.15) is 0 Å². The maximum Gasteiger partial charge on any atom is 0.307 e. The average molecular weight is 315 g/mol. The van der Waals surface area contributed by atoms with E-state index in [1.807, 2.05) is 49.2 Å². The van der Waals surface area contributed by atoms with Gasteiger partial charge < -0.3 is 14.7 Å². The first-order chi connectivity index (χ1) is 11.1. The van der Waals surface area contributed by atoms with Gasteiger partial charge in [0.15, 0.2) is 0 Å². The highest BCUT2D eigenvalue weighted by Crippen LogP contribution is 2.22. The smallest absolute Gasteiger partial charge is 0.307 e. The Labute approximate surface area is 137 Å². The highest BCUT2D eigenvalue weighted by Gasteiger charge is 2.11. The van der Waals surface area contributed by atoms with Crippen molar-refractivity contribution in [3.63, 3.8) is 0 Å². The van der Waals surface area contributed by atoms with Crippen molar-refractivity contribution in [2.75, 3.05) is 26.7 Å². The molecule has 0 heterocycles. The molecule has 2 aromatic carbocycles. The Morgan fingerprint density at radius 3 is 2.65 bits per heavy atom. The number of benzene rings is 2. The molecule has 0 saturated carbocycles. The van der Waals surface area contributed by atoms with Crippen LogP contribution in [0.4, 0.5) is 0 Å². The Morgan fingerprint density at radius 2 is 1.91 bits per heavy atom. The van der Waals surface area contributed by atoms with Crippen LogP contribution in [0.25, 0.3) is 10.8 Å². The fraction of sp³-hybridized carbons (Fsp3) is 0.421. The van der Waals surface area contributed by atoms with Crippen molar-refractivity contribution < 1.29 is 14.6 Å². The fourth-order valence-corrected chi connectivity index (χ4v) is 2.55. The van der Waals surface area contributed by atoms with Crippen molar-refractivity contribution in [3.05, 3.63) is 48.0 Å². The lowest BCUT2D eigenvalue weighted by molar-refractivity contribution is -0.143. The maximum atomic E-state index is 11.3. The van der Waals surface area contributed by atoms with Gasteiger partial charge in [-0.2, -0.15) is 0 Å². The third-order valence-corrected chi connectivity index (χ3v) is 3.95. The molecule has 0 bridgehead atoms. The molecule has 4 nitrogen and oxygen atoms in total. The second-order valence-electron chi connectivity index (χ2n) is 5.77. The number of nitrogens with zero attached hydrogens (tertiary/aromatic N) is 1. The van der Waals surface area contributed by atoms with Crippen LogP contribution in [0.2, 0.25) is 0 Å². The van der Waals surface area contributed by atoms with E-state index in [4.69, 9.17) is 4.74 Å². The normalized spacial score (nSPS) is 12.5. The number of ether oxygens (including phenoxy) is 1. The minimum absolute atomic E-state index is 0.172. The standard InChI is InChI=1S/C19H25NO3/c1-3-23-19(22)11-13-20(2)12-10-18(21)17-9-8-15-6-4-5-7-16(15)14-17/h4-9,14,18,21H,3,10-13H2,1-2H3. The maximum absolute atomic E-state index is 11.3. The lowest BCUT2D eigenvalue weighted by Crippen LogP contribution is -2.25. The zero-order chi connectivity index (χ0) is 16.7. The van der Waals surface area contributed by atoms with E-state index < -0.39 is 6.10 Å². The van der Waals surface area contributed by atoms with Crippen LogP contribution in [-0.4, -0.2) is 42.7 Å².